The number of aryl methyl sites for hydroxylation is 1. The lowest BCUT2D eigenvalue weighted by atomic mass is 9.99. The maximum atomic E-state index is 11.7. The molecule has 2 nitrogen and oxygen atoms in total. The summed E-state index contributed by atoms with van der Waals surface area (Å²) in [6, 6.07) is 6.05. The first kappa shape index (κ1) is 12.2. The number of rotatable bonds is 5. The first-order chi connectivity index (χ1) is 8.31. The lowest BCUT2D eigenvalue weighted by molar-refractivity contribution is 0.0933. The van der Waals surface area contributed by atoms with Gasteiger partial charge >= 0.3 is 0 Å². The Balaban J connectivity index is 2.00. The van der Waals surface area contributed by atoms with Gasteiger partial charge in [-0.1, -0.05) is 32.3 Å². The van der Waals surface area contributed by atoms with Gasteiger partial charge in [0.1, 0.15) is 5.75 Å². The molecule has 0 fully saturated rings. The summed E-state index contributed by atoms with van der Waals surface area (Å²) in [5.74, 6) is 0.986. The molecule has 0 N–H and O–H groups in total. The van der Waals surface area contributed by atoms with Gasteiger partial charge in [-0.3, -0.25) is 4.79 Å². The van der Waals surface area contributed by atoms with Crippen LogP contribution in [0.2, 0.25) is 0 Å². The predicted molar refractivity (Wildman–Crippen MR) is 68.7 cm³/mol. The van der Waals surface area contributed by atoms with Gasteiger partial charge < -0.3 is 4.74 Å². The van der Waals surface area contributed by atoms with E-state index in [4.69, 9.17) is 4.74 Å². The van der Waals surface area contributed by atoms with Crippen LogP contribution in [0.15, 0.2) is 18.2 Å². The highest BCUT2D eigenvalue weighted by molar-refractivity contribution is 5.99. The highest BCUT2D eigenvalue weighted by Gasteiger charge is 2.18. The van der Waals surface area contributed by atoms with Crippen molar-refractivity contribution < 1.29 is 9.53 Å². The zero-order chi connectivity index (χ0) is 12.1. The molecule has 1 aliphatic rings. The minimum Gasteiger partial charge on any atom is -0.492 e. The molecule has 0 bridgehead atoms. The number of ether oxygens (including phenoxy) is 1. The minimum absolute atomic E-state index is 0.224. The Kier molecular flexibility index (Phi) is 4.18. The van der Waals surface area contributed by atoms with E-state index in [-0.39, 0.29) is 5.78 Å². The van der Waals surface area contributed by atoms with Crippen LogP contribution in [0.3, 0.4) is 0 Å². The molecule has 17 heavy (non-hydrogen) atoms. The van der Waals surface area contributed by atoms with E-state index in [1.54, 1.807) is 0 Å². The number of hydrogen-bond acceptors (Lipinski definition) is 2. The SMILES string of the molecule is CCCCCCc1ccc2c(c1)C(=O)CCO2. The average molecular weight is 232 g/mol. The smallest absolute Gasteiger partial charge is 0.170 e. The van der Waals surface area contributed by atoms with Crippen molar-refractivity contribution >= 4 is 5.78 Å². The van der Waals surface area contributed by atoms with Gasteiger partial charge in [-0.05, 0) is 30.5 Å². The molecule has 0 spiro atoms. The van der Waals surface area contributed by atoms with Crippen molar-refractivity contribution in [2.45, 2.75) is 45.4 Å². The summed E-state index contributed by atoms with van der Waals surface area (Å²) in [6.07, 6.45) is 6.63. The van der Waals surface area contributed by atoms with Crippen molar-refractivity contribution in [1.82, 2.24) is 0 Å². The van der Waals surface area contributed by atoms with Gasteiger partial charge in [-0.15, -0.1) is 0 Å². The third-order valence-corrected chi connectivity index (χ3v) is 3.25. The summed E-state index contributed by atoms with van der Waals surface area (Å²) >= 11 is 0. The van der Waals surface area contributed by atoms with E-state index < -0.39 is 0 Å². The molecule has 0 aliphatic carbocycles. The Labute approximate surface area is 103 Å². The molecular formula is C15H20O2. The molecule has 1 aromatic carbocycles. The predicted octanol–water partition coefficient (Wildman–Crippen LogP) is 3.77. The Morgan fingerprint density at radius 1 is 1.24 bits per heavy atom. The third kappa shape index (κ3) is 3.09. The number of Topliss-reactive ketones (excluding diaryl/α,β-unsaturated/α-hetero) is 1. The average Bonchev–Trinajstić information content (AvgIpc) is 2.36. The van der Waals surface area contributed by atoms with Crippen LogP contribution >= 0.6 is 0 Å². The second-order valence-electron chi connectivity index (χ2n) is 4.66. The maximum absolute atomic E-state index is 11.7. The summed E-state index contributed by atoms with van der Waals surface area (Å²) in [5, 5.41) is 0. The number of unbranched alkanes of at least 4 members (excludes halogenated alkanes) is 3. The van der Waals surface area contributed by atoms with Crippen molar-refractivity contribution in [1.29, 1.82) is 0 Å². The maximum Gasteiger partial charge on any atom is 0.170 e. The molecule has 0 atom stereocenters. The zero-order valence-electron chi connectivity index (χ0n) is 10.5. The summed E-state index contributed by atoms with van der Waals surface area (Å²) in [5.41, 5.74) is 2.04. The molecule has 1 aliphatic heterocycles. The van der Waals surface area contributed by atoms with E-state index in [0.717, 1.165) is 17.7 Å². The van der Waals surface area contributed by atoms with Crippen molar-refractivity contribution in [3.05, 3.63) is 29.3 Å². The fourth-order valence-corrected chi connectivity index (χ4v) is 2.22. The molecule has 0 amide bonds. The molecule has 0 saturated carbocycles. The first-order valence-electron chi connectivity index (χ1n) is 6.60. The van der Waals surface area contributed by atoms with E-state index in [2.05, 4.69) is 13.0 Å². The summed E-state index contributed by atoms with van der Waals surface area (Å²) < 4.78 is 5.47. The van der Waals surface area contributed by atoms with E-state index >= 15 is 0 Å². The monoisotopic (exact) mass is 232 g/mol. The van der Waals surface area contributed by atoms with Crippen LogP contribution in [0.1, 0.15) is 54.9 Å². The van der Waals surface area contributed by atoms with Gasteiger partial charge in [0.2, 0.25) is 0 Å². The molecule has 1 aromatic rings. The summed E-state index contributed by atoms with van der Waals surface area (Å²) in [6.45, 7) is 2.75. The van der Waals surface area contributed by atoms with Crippen LogP contribution in [0.4, 0.5) is 0 Å². The third-order valence-electron chi connectivity index (χ3n) is 3.25. The number of carbonyl (C=O) groups excluding carboxylic acids is 1. The highest BCUT2D eigenvalue weighted by Crippen LogP contribution is 2.26. The molecule has 0 aromatic heterocycles. The zero-order valence-corrected chi connectivity index (χ0v) is 10.5. The van der Waals surface area contributed by atoms with Crippen molar-refractivity contribution in [2.24, 2.45) is 0 Å². The Morgan fingerprint density at radius 3 is 2.94 bits per heavy atom. The van der Waals surface area contributed by atoms with Gasteiger partial charge in [0.25, 0.3) is 0 Å². The van der Waals surface area contributed by atoms with Crippen LogP contribution in [0.25, 0.3) is 0 Å². The van der Waals surface area contributed by atoms with Crippen LogP contribution in [-0.2, 0) is 6.42 Å². The number of hydrogen-bond donors (Lipinski definition) is 0. The lowest BCUT2D eigenvalue weighted by Gasteiger charge is -2.16. The van der Waals surface area contributed by atoms with Gasteiger partial charge in [0.15, 0.2) is 5.78 Å². The van der Waals surface area contributed by atoms with Crippen LogP contribution in [0.5, 0.6) is 5.75 Å². The quantitative estimate of drug-likeness (QED) is 0.722. The molecule has 2 heteroatoms. The topological polar surface area (TPSA) is 26.3 Å². The summed E-state index contributed by atoms with van der Waals surface area (Å²) in [7, 11) is 0. The van der Waals surface area contributed by atoms with E-state index in [0.29, 0.717) is 13.0 Å². The molecule has 1 heterocycles. The molecule has 2 rings (SSSR count). The standard InChI is InChI=1S/C15H20O2/c1-2-3-4-5-6-12-7-8-15-13(11-12)14(16)9-10-17-15/h7-8,11H,2-6,9-10H2,1H3. The number of carbonyl (C=O) groups is 1. The van der Waals surface area contributed by atoms with Gasteiger partial charge in [-0.2, -0.15) is 0 Å². The van der Waals surface area contributed by atoms with Crippen molar-refractivity contribution in [3.8, 4) is 5.75 Å². The fraction of sp³-hybridized carbons (Fsp3) is 0.533. The number of fused-ring (bicyclic) bond motifs is 1. The van der Waals surface area contributed by atoms with Crippen molar-refractivity contribution in [2.75, 3.05) is 6.61 Å². The largest absolute Gasteiger partial charge is 0.492 e. The van der Waals surface area contributed by atoms with E-state index in [1.807, 2.05) is 12.1 Å². The molecular weight excluding hydrogens is 212 g/mol. The highest BCUT2D eigenvalue weighted by atomic mass is 16.5. The van der Waals surface area contributed by atoms with Crippen LogP contribution in [0, 0.1) is 0 Å². The van der Waals surface area contributed by atoms with Gasteiger partial charge in [0.05, 0.1) is 12.2 Å². The lowest BCUT2D eigenvalue weighted by Crippen LogP contribution is -2.15. The second-order valence-corrected chi connectivity index (χ2v) is 4.66. The van der Waals surface area contributed by atoms with Crippen LogP contribution in [-0.4, -0.2) is 12.4 Å². The first-order valence-corrected chi connectivity index (χ1v) is 6.60. The Bertz CT molecular complexity index is 396. The van der Waals surface area contributed by atoms with Gasteiger partial charge in [-0.25, -0.2) is 0 Å². The fourth-order valence-electron chi connectivity index (χ4n) is 2.22. The molecule has 0 saturated heterocycles. The second kappa shape index (κ2) is 5.85. The van der Waals surface area contributed by atoms with Crippen molar-refractivity contribution in [3.63, 3.8) is 0 Å². The van der Waals surface area contributed by atoms with E-state index in [9.17, 15) is 4.79 Å². The molecule has 0 radical (unpaired) electrons. The number of benzene rings is 1. The van der Waals surface area contributed by atoms with Gasteiger partial charge in [0, 0.05) is 6.42 Å². The molecule has 0 unspecified atom stereocenters. The summed E-state index contributed by atoms with van der Waals surface area (Å²) in [4.78, 5) is 11.7. The molecule has 92 valence electrons. The Morgan fingerprint density at radius 2 is 2.12 bits per heavy atom. The number of ketones is 1. The minimum atomic E-state index is 0.224. The Hall–Kier alpha value is -1.31. The van der Waals surface area contributed by atoms with E-state index in [1.165, 1.54) is 31.2 Å². The normalized spacial score (nSPS) is 14.3. The van der Waals surface area contributed by atoms with Crippen LogP contribution < -0.4 is 4.74 Å².